The molecular weight excluding hydrogens is 332 g/mol. The summed E-state index contributed by atoms with van der Waals surface area (Å²) in [4.78, 5) is 41.8. The van der Waals surface area contributed by atoms with Gasteiger partial charge in [0.25, 0.3) is 5.56 Å². The standard InChI is InChI=1S/C14H12N6O3S/c1-7-9-11(24-13(7)20-16-5-6-17-20)18-14(23)19(12(9)22)8-3-2-4-15-10(8)21/h2-3,5-6,8H,4H2,1H3,(H,15,21)(H,18,23)/t8-/m1/s1. The highest BCUT2D eigenvalue weighted by Gasteiger charge is 2.26. The molecule has 1 amide bonds. The number of nitrogens with zero attached hydrogens (tertiary/aromatic N) is 4. The van der Waals surface area contributed by atoms with Crippen LogP contribution in [-0.4, -0.2) is 37.0 Å². The number of carbonyl (C=O) groups excluding carboxylic acids is 1. The van der Waals surface area contributed by atoms with E-state index in [-0.39, 0.29) is 5.91 Å². The number of hydrogen-bond acceptors (Lipinski definition) is 6. The fourth-order valence-corrected chi connectivity index (χ4v) is 3.84. The van der Waals surface area contributed by atoms with Crippen LogP contribution in [-0.2, 0) is 4.79 Å². The normalized spacial score (nSPS) is 17.4. The average Bonchev–Trinajstić information content (AvgIpc) is 3.17. The zero-order chi connectivity index (χ0) is 16.8. The van der Waals surface area contributed by atoms with E-state index in [1.807, 2.05) is 0 Å². The van der Waals surface area contributed by atoms with Gasteiger partial charge in [-0.1, -0.05) is 23.5 Å². The first-order valence-corrected chi connectivity index (χ1v) is 7.98. The van der Waals surface area contributed by atoms with E-state index in [0.29, 0.717) is 27.3 Å². The van der Waals surface area contributed by atoms with Crippen LogP contribution in [0, 0.1) is 6.92 Å². The molecule has 9 nitrogen and oxygen atoms in total. The van der Waals surface area contributed by atoms with Crippen molar-refractivity contribution in [3.05, 3.63) is 50.9 Å². The Morgan fingerprint density at radius 2 is 2.00 bits per heavy atom. The molecule has 1 aliphatic rings. The van der Waals surface area contributed by atoms with Crippen molar-refractivity contribution in [3.8, 4) is 5.00 Å². The maximum Gasteiger partial charge on any atom is 0.330 e. The summed E-state index contributed by atoms with van der Waals surface area (Å²) in [5, 5.41) is 11.7. The molecule has 4 heterocycles. The highest BCUT2D eigenvalue weighted by molar-refractivity contribution is 7.21. The number of aromatic nitrogens is 5. The van der Waals surface area contributed by atoms with Crippen LogP contribution in [0.15, 0.2) is 34.1 Å². The van der Waals surface area contributed by atoms with Crippen LogP contribution in [0.25, 0.3) is 15.2 Å². The van der Waals surface area contributed by atoms with E-state index in [9.17, 15) is 14.4 Å². The molecule has 0 fully saturated rings. The third kappa shape index (κ3) is 2.03. The molecule has 0 saturated carbocycles. The predicted molar refractivity (Wildman–Crippen MR) is 87.5 cm³/mol. The number of thiophene rings is 1. The van der Waals surface area contributed by atoms with Gasteiger partial charge < -0.3 is 5.32 Å². The first-order chi connectivity index (χ1) is 11.6. The van der Waals surface area contributed by atoms with Gasteiger partial charge in [-0.25, -0.2) is 9.36 Å². The summed E-state index contributed by atoms with van der Waals surface area (Å²) in [5.74, 6) is -0.383. The van der Waals surface area contributed by atoms with Gasteiger partial charge in [-0.2, -0.15) is 10.2 Å². The molecule has 0 aliphatic carbocycles. The third-order valence-electron chi connectivity index (χ3n) is 3.85. The summed E-state index contributed by atoms with van der Waals surface area (Å²) in [5.41, 5.74) is -0.477. The molecule has 2 N–H and O–H groups in total. The Bertz CT molecular complexity index is 1090. The summed E-state index contributed by atoms with van der Waals surface area (Å²) >= 11 is 1.22. The summed E-state index contributed by atoms with van der Waals surface area (Å²) in [6.45, 7) is 2.15. The second-order valence-corrected chi connectivity index (χ2v) is 6.28. The van der Waals surface area contributed by atoms with Gasteiger partial charge in [0.05, 0.1) is 17.8 Å². The smallest absolute Gasteiger partial charge is 0.330 e. The molecule has 0 spiro atoms. The second kappa shape index (κ2) is 5.27. The van der Waals surface area contributed by atoms with Crippen molar-refractivity contribution in [2.75, 3.05) is 6.54 Å². The number of fused-ring (bicyclic) bond motifs is 1. The Labute approximate surface area is 138 Å². The number of aryl methyl sites for hydroxylation is 1. The number of rotatable bonds is 2. The Balaban J connectivity index is 2.01. The molecular formula is C14H12N6O3S. The van der Waals surface area contributed by atoms with E-state index >= 15 is 0 Å². The zero-order valence-electron chi connectivity index (χ0n) is 12.5. The van der Waals surface area contributed by atoms with Gasteiger partial charge in [0.1, 0.15) is 15.9 Å². The van der Waals surface area contributed by atoms with Crippen molar-refractivity contribution in [3.63, 3.8) is 0 Å². The van der Waals surface area contributed by atoms with Crippen LogP contribution in [0.3, 0.4) is 0 Å². The van der Waals surface area contributed by atoms with Gasteiger partial charge in [0.2, 0.25) is 5.91 Å². The lowest BCUT2D eigenvalue weighted by molar-refractivity contribution is -0.123. The predicted octanol–water partition coefficient (Wildman–Crippen LogP) is -0.132. The van der Waals surface area contributed by atoms with Crippen molar-refractivity contribution in [1.82, 2.24) is 29.9 Å². The number of aromatic amines is 1. The highest BCUT2D eigenvalue weighted by Crippen LogP contribution is 2.28. The topological polar surface area (TPSA) is 115 Å². The van der Waals surface area contributed by atoms with Gasteiger partial charge in [0, 0.05) is 12.1 Å². The third-order valence-corrected chi connectivity index (χ3v) is 5.03. The molecule has 10 heteroatoms. The second-order valence-electron chi connectivity index (χ2n) is 5.28. The lowest BCUT2D eigenvalue weighted by Gasteiger charge is -2.18. The molecule has 1 aliphatic heterocycles. The Morgan fingerprint density at radius 1 is 1.25 bits per heavy atom. The van der Waals surface area contributed by atoms with Crippen LogP contribution in [0.2, 0.25) is 0 Å². The molecule has 0 unspecified atom stereocenters. The number of amides is 1. The van der Waals surface area contributed by atoms with E-state index < -0.39 is 17.3 Å². The molecule has 0 saturated heterocycles. The molecule has 0 aromatic carbocycles. The minimum atomic E-state index is -0.954. The SMILES string of the molecule is Cc1c(-n2nccn2)sc2[nH]c(=O)n([C@@H]3C=CCNC3=O)c(=O)c12. The number of hydrogen-bond donors (Lipinski definition) is 2. The van der Waals surface area contributed by atoms with E-state index in [2.05, 4.69) is 20.5 Å². The fourth-order valence-electron chi connectivity index (χ4n) is 2.73. The molecule has 3 aromatic heterocycles. The number of carbonyl (C=O) groups is 1. The molecule has 0 radical (unpaired) electrons. The molecule has 1 atom stereocenters. The first-order valence-electron chi connectivity index (χ1n) is 7.17. The van der Waals surface area contributed by atoms with Gasteiger partial charge in [0.15, 0.2) is 0 Å². The minimum Gasteiger partial charge on any atom is -0.351 e. The summed E-state index contributed by atoms with van der Waals surface area (Å²) in [7, 11) is 0. The van der Waals surface area contributed by atoms with Crippen LogP contribution in [0.1, 0.15) is 11.6 Å². The summed E-state index contributed by atoms with van der Waals surface area (Å²) in [6, 6.07) is -0.954. The zero-order valence-corrected chi connectivity index (χ0v) is 13.3. The Morgan fingerprint density at radius 3 is 2.71 bits per heavy atom. The lowest BCUT2D eigenvalue weighted by atomic mass is 10.2. The van der Waals surface area contributed by atoms with Crippen molar-refractivity contribution in [1.29, 1.82) is 0 Å². The quantitative estimate of drug-likeness (QED) is 0.628. The van der Waals surface area contributed by atoms with Crippen molar-refractivity contribution < 1.29 is 4.79 Å². The Kier molecular flexibility index (Phi) is 3.20. The monoisotopic (exact) mass is 344 g/mol. The van der Waals surface area contributed by atoms with E-state index in [1.165, 1.54) is 28.5 Å². The summed E-state index contributed by atoms with van der Waals surface area (Å²) < 4.78 is 0.938. The molecule has 3 aromatic rings. The molecule has 0 bridgehead atoms. The van der Waals surface area contributed by atoms with Crippen LogP contribution >= 0.6 is 11.3 Å². The van der Waals surface area contributed by atoms with Gasteiger partial charge >= 0.3 is 5.69 Å². The lowest BCUT2D eigenvalue weighted by Crippen LogP contribution is -2.45. The average molecular weight is 344 g/mol. The molecule has 122 valence electrons. The van der Waals surface area contributed by atoms with E-state index in [4.69, 9.17) is 0 Å². The van der Waals surface area contributed by atoms with Crippen molar-refractivity contribution in [2.45, 2.75) is 13.0 Å². The van der Waals surface area contributed by atoms with Crippen LogP contribution in [0.5, 0.6) is 0 Å². The first kappa shape index (κ1) is 14.6. The maximum absolute atomic E-state index is 12.9. The van der Waals surface area contributed by atoms with E-state index in [1.54, 1.807) is 19.1 Å². The van der Waals surface area contributed by atoms with Gasteiger partial charge in [-0.3, -0.25) is 14.6 Å². The van der Waals surface area contributed by atoms with Crippen LogP contribution < -0.4 is 16.6 Å². The molecule has 4 rings (SSSR count). The highest BCUT2D eigenvalue weighted by atomic mass is 32.1. The van der Waals surface area contributed by atoms with Crippen molar-refractivity contribution in [2.24, 2.45) is 0 Å². The number of nitrogens with one attached hydrogen (secondary N) is 2. The number of H-pyrrole nitrogens is 1. The van der Waals surface area contributed by atoms with Gasteiger partial charge in [-0.05, 0) is 6.92 Å². The fraction of sp³-hybridized carbons (Fsp3) is 0.214. The maximum atomic E-state index is 12.9. The van der Waals surface area contributed by atoms with Crippen molar-refractivity contribution >= 4 is 27.5 Å². The Hall–Kier alpha value is -3.01. The summed E-state index contributed by atoms with van der Waals surface area (Å²) in [6.07, 6.45) is 6.32. The minimum absolute atomic E-state index is 0.360. The van der Waals surface area contributed by atoms with Crippen LogP contribution in [0.4, 0.5) is 0 Å². The van der Waals surface area contributed by atoms with E-state index in [0.717, 1.165) is 4.57 Å². The largest absolute Gasteiger partial charge is 0.351 e. The molecule has 24 heavy (non-hydrogen) atoms. The van der Waals surface area contributed by atoms with Gasteiger partial charge in [-0.15, -0.1) is 4.80 Å².